The summed E-state index contributed by atoms with van der Waals surface area (Å²) >= 11 is 1.75. The zero-order chi connectivity index (χ0) is 15.4. The molecule has 1 atom stereocenters. The number of thiophene rings is 1. The SMILES string of the molecule is CC(c1ccsc1)N1CCN(C(=O)NC2CCOCC2)CC1. The van der Waals surface area contributed by atoms with E-state index in [-0.39, 0.29) is 12.1 Å². The highest BCUT2D eigenvalue weighted by atomic mass is 32.1. The van der Waals surface area contributed by atoms with Gasteiger partial charge >= 0.3 is 6.03 Å². The molecule has 0 aliphatic carbocycles. The molecule has 0 saturated carbocycles. The Hall–Kier alpha value is -1.11. The Labute approximate surface area is 136 Å². The number of rotatable bonds is 3. The van der Waals surface area contributed by atoms with Gasteiger partial charge in [0.15, 0.2) is 0 Å². The number of nitrogens with zero attached hydrogens (tertiary/aromatic N) is 2. The number of nitrogens with one attached hydrogen (secondary N) is 1. The molecule has 2 amide bonds. The summed E-state index contributed by atoms with van der Waals surface area (Å²) < 4.78 is 5.33. The fourth-order valence-electron chi connectivity index (χ4n) is 3.14. The molecule has 0 spiro atoms. The van der Waals surface area contributed by atoms with E-state index in [1.165, 1.54) is 5.56 Å². The van der Waals surface area contributed by atoms with Gasteiger partial charge in [-0.15, -0.1) is 0 Å². The summed E-state index contributed by atoms with van der Waals surface area (Å²) in [6.07, 6.45) is 1.86. The van der Waals surface area contributed by atoms with Crippen molar-refractivity contribution in [2.45, 2.75) is 31.8 Å². The van der Waals surface area contributed by atoms with Crippen LogP contribution in [0.2, 0.25) is 0 Å². The van der Waals surface area contributed by atoms with Crippen molar-refractivity contribution in [1.29, 1.82) is 0 Å². The Morgan fingerprint density at radius 1 is 1.32 bits per heavy atom. The lowest BCUT2D eigenvalue weighted by Gasteiger charge is -2.38. The van der Waals surface area contributed by atoms with Crippen LogP contribution >= 0.6 is 11.3 Å². The van der Waals surface area contributed by atoms with Crippen LogP contribution in [0.15, 0.2) is 16.8 Å². The normalized spacial score (nSPS) is 22.5. The Morgan fingerprint density at radius 3 is 2.68 bits per heavy atom. The van der Waals surface area contributed by atoms with E-state index in [4.69, 9.17) is 4.74 Å². The van der Waals surface area contributed by atoms with Gasteiger partial charge in [-0.2, -0.15) is 11.3 Å². The summed E-state index contributed by atoms with van der Waals surface area (Å²) in [5.74, 6) is 0. The van der Waals surface area contributed by atoms with Crippen LogP contribution in [0.3, 0.4) is 0 Å². The molecule has 122 valence electrons. The van der Waals surface area contributed by atoms with Crippen LogP contribution in [-0.4, -0.2) is 61.3 Å². The van der Waals surface area contributed by atoms with Gasteiger partial charge in [0.1, 0.15) is 0 Å². The maximum Gasteiger partial charge on any atom is 0.317 e. The molecule has 3 rings (SSSR count). The Bertz CT molecular complexity index is 466. The third-order valence-corrected chi connectivity index (χ3v) is 5.43. The molecule has 2 saturated heterocycles. The van der Waals surface area contributed by atoms with Gasteiger partial charge in [-0.05, 0) is 42.2 Å². The molecule has 0 radical (unpaired) electrons. The number of urea groups is 1. The third kappa shape index (κ3) is 3.80. The molecule has 3 heterocycles. The van der Waals surface area contributed by atoms with Gasteiger partial charge < -0.3 is 15.0 Å². The Kier molecular flexibility index (Phi) is 5.33. The van der Waals surface area contributed by atoms with Crippen LogP contribution in [-0.2, 0) is 4.74 Å². The molecule has 1 unspecified atom stereocenters. The summed E-state index contributed by atoms with van der Waals surface area (Å²) in [7, 11) is 0. The Morgan fingerprint density at radius 2 is 2.05 bits per heavy atom. The highest BCUT2D eigenvalue weighted by Gasteiger charge is 2.26. The zero-order valence-corrected chi connectivity index (χ0v) is 14.0. The molecule has 0 bridgehead atoms. The first kappa shape index (κ1) is 15.8. The standard InChI is InChI=1S/C16H25N3O2S/c1-13(14-4-11-22-12-14)18-5-7-19(8-6-18)16(20)17-15-2-9-21-10-3-15/h4,11-13,15H,2-3,5-10H2,1H3,(H,17,20). The highest BCUT2D eigenvalue weighted by Crippen LogP contribution is 2.23. The van der Waals surface area contributed by atoms with Crippen molar-refractivity contribution in [3.8, 4) is 0 Å². The van der Waals surface area contributed by atoms with E-state index in [2.05, 4.69) is 34.0 Å². The van der Waals surface area contributed by atoms with Gasteiger partial charge in [-0.25, -0.2) is 4.79 Å². The average Bonchev–Trinajstić information content (AvgIpc) is 3.10. The molecule has 0 aromatic carbocycles. The monoisotopic (exact) mass is 323 g/mol. The summed E-state index contributed by atoms with van der Waals surface area (Å²) in [4.78, 5) is 16.7. The van der Waals surface area contributed by atoms with Crippen molar-refractivity contribution in [3.63, 3.8) is 0 Å². The van der Waals surface area contributed by atoms with E-state index in [1.807, 2.05) is 4.90 Å². The van der Waals surface area contributed by atoms with Gasteiger partial charge in [0.2, 0.25) is 0 Å². The van der Waals surface area contributed by atoms with Crippen LogP contribution in [0.5, 0.6) is 0 Å². The second kappa shape index (κ2) is 7.44. The summed E-state index contributed by atoms with van der Waals surface area (Å²) in [6.45, 7) is 7.27. The molecule has 2 fully saturated rings. The van der Waals surface area contributed by atoms with Crippen molar-refractivity contribution >= 4 is 17.4 Å². The van der Waals surface area contributed by atoms with Gasteiger partial charge in [0.25, 0.3) is 0 Å². The van der Waals surface area contributed by atoms with Gasteiger partial charge in [-0.3, -0.25) is 4.90 Å². The number of piperazine rings is 1. The van der Waals surface area contributed by atoms with Crippen LogP contribution in [0.25, 0.3) is 0 Å². The minimum Gasteiger partial charge on any atom is -0.381 e. The zero-order valence-electron chi connectivity index (χ0n) is 13.2. The van der Waals surface area contributed by atoms with E-state index < -0.39 is 0 Å². The maximum absolute atomic E-state index is 12.3. The van der Waals surface area contributed by atoms with E-state index >= 15 is 0 Å². The molecule has 6 heteroatoms. The van der Waals surface area contributed by atoms with E-state index in [0.29, 0.717) is 6.04 Å². The lowest BCUT2D eigenvalue weighted by Crippen LogP contribution is -2.54. The lowest BCUT2D eigenvalue weighted by atomic mass is 10.1. The highest BCUT2D eigenvalue weighted by molar-refractivity contribution is 7.07. The van der Waals surface area contributed by atoms with Crippen LogP contribution in [0.1, 0.15) is 31.4 Å². The largest absolute Gasteiger partial charge is 0.381 e. The molecule has 22 heavy (non-hydrogen) atoms. The topological polar surface area (TPSA) is 44.8 Å². The van der Waals surface area contributed by atoms with Gasteiger partial charge in [-0.1, -0.05) is 0 Å². The van der Waals surface area contributed by atoms with Crippen LogP contribution in [0, 0.1) is 0 Å². The molecule has 2 aliphatic rings. The van der Waals surface area contributed by atoms with Crippen molar-refractivity contribution in [2.75, 3.05) is 39.4 Å². The number of carbonyl (C=O) groups is 1. The van der Waals surface area contributed by atoms with E-state index in [1.54, 1.807) is 11.3 Å². The first-order chi connectivity index (χ1) is 10.7. The molecule has 1 aromatic heterocycles. The molecule has 1 N–H and O–H groups in total. The van der Waals surface area contributed by atoms with Crippen molar-refractivity contribution in [3.05, 3.63) is 22.4 Å². The van der Waals surface area contributed by atoms with E-state index in [9.17, 15) is 4.79 Å². The second-order valence-corrected chi connectivity index (χ2v) is 6.87. The third-order valence-electron chi connectivity index (χ3n) is 4.72. The van der Waals surface area contributed by atoms with E-state index in [0.717, 1.165) is 52.2 Å². The average molecular weight is 323 g/mol. The summed E-state index contributed by atoms with van der Waals surface area (Å²) in [5, 5.41) is 7.50. The van der Waals surface area contributed by atoms with Crippen LogP contribution < -0.4 is 5.32 Å². The summed E-state index contributed by atoms with van der Waals surface area (Å²) in [5.41, 5.74) is 1.38. The smallest absolute Gasteiger partial charge is 0.317 e. The van der Waals surface area contributed by atoms with Gasteiger partial charge in [0, 0.05) is 51.5 Å². The molecular formula is C16H25N3O2S. The van der Waals surface area contributed by atoms with Gasteiger partial charge in [0.05, 0.1) is 0 Å². The van der Waals surface area contributed by atoms with Crippen LogP contribution in [0.4, 0.5) is 4.79 Å². The fourth-order valence-corrected chi connectivity index (χ4v) is 3.89. The first-order valence-electron chi connectivity index (χ1n) is 8.13. The number of hydrogen-bond acceptors (Lipinski definition) is 4. The number of amides is 2. The summed E-state index contributed by atoms with van der Waals surface area (Å²) in [6, 6.07) is 3.00. The quantitative estimate of drug-likeness (QED) is 0.928. The second-order valence-electron chi connectivity index (χ2n) is 6.09. The maximum atomic E-state index is 12.3. The number of hydrogen-bond donors (Lipinski definition) is 1. The fraction of sp³-hybridized carbons (Fsp3) is 0.688. The first-order valence-corrected chi connectivity index (χ1v) is 9.07. The van der Waals surface area contributed by atoms with Crippen molar-refractivity contribution in [1.82, 2.24) is 15.1 Å². The predicted octanol–water partition coefficient (Wildman–Crippen LogP) is 2.32. The number of ether oxygens (including phenoxy) is 1. The molecule has 1 aromatic rings. The van der Waals surface area contributed by atoms with Crippen molar-refractivity contribution in [2.24, 2.45) is 0 Å². The minimum absolute atomic E-state index is 0.0923. The number of carbonyl (C=O) groups excluding carboxylic acids is 1. The Balaban J connectivity index is 1.45. The minimum atomic E-state index is 0.0923. The molecule has 5 nitrogen and oxygen atoms in total. The molecule has 2 aliphatic heterocycles. The predicted molar refractivity (Wildman–Crippen MR) is 88.3 cm³/mol. The molecular weight excluding hydrogens is 298 g/mol. The lowest BCUT2D eigenvalue weighted by molar-refractivity contribution is 0.0743. The van der Waals surface area contributed by atoms with Crippen molar-refractivity contribution < 1.29 is 9.53 Å².